The number of nitriles is 1. The van der Waals surface area contributed by atoms with E-state index in [0.717, 1.165) is 11.1 Å². The summed E-state index contributed by atoms with van der Waals surface area (Å²) < 4.78 is 1.51. The second-order valence-corrected chi connectivity index (χ2v) is 3.91. The Morgan fingerprint density at radius 3 is 2.89 bits per heavy atom. The van der Waals surface area contributed by atoms with E-state index in [0.29, 0.717) is 12.1 Å². The van der Waals surface area contributed by atoms with Gasteiger partial charge in [-0.05, 0) is 30.2 Å². The molecule has 6 nitrogen and oxygen atoms in total. The normalized spacial score (nSPS) is 10.0. The summed E-state index contributed by atoms with van der Waals surface area (Å²) in [6, 6.07) is 7.41. The minimum Gasteiger partial charge on any atom is -0.261 e. The fourth-order valence-electron chi connectivity index (χ4n) is 1.65. The lowest BCUT2D eigenvalue weighted by Crippen LogP contribution is -2.02. The number of hydrogen-bond acceptors (Lipinski definition) is 4. The molecule has 0 saturated heterocycles. The van der Waals surface area contributed by atoms with Gasteiger partial charge in [-0.15, -0.1) is 0 Å². The van der Waals surface area contributed by atoms with Crippen LogP contribution in [0, 0.1) is 28.4 Å². The third-order valence-electron chi connectivity index (χ3n) is 2.63. The summed E-state index contributed by atoms with van der Waals surface area (Å²) in [7, 11) is 0. The molecule has 1 aromatic carbocycles. The fraction of sp³-hybridized carbons (Fsp3) is 0.167. The fourth-order valence-corrected chi connectivity index (χ4v) is 1.65. The van der Waals surface area contributed by atoms with Gasteiger partial charge in [-0.3, -0.25) is 14.8 Å². The van der Waals surface area contributed by atoms with E-state index < -0.39 is 4.92 Å². The van der Waals surface area contributed by atoms with E-state index in [-0.39, 0.29) is 5.69 Å². The van der Waals surface area contributed by atoms with Crippen molar-refractivity contribution in [2.75, 3.05) is 0 Å². The summed E-state index contributed by atoms with van der Waals surface area (Å²) in [6.07, 6.45) is 2.61. The Labute approximate surface area is 103 Å². The standard InChI is InChI=1S/C12H10N4O2/c1-9-4-10(5-13)2-3-11(9)7-15-8-12(6-14-15)16(17)18/h2-4,6,8H,7H2,1H3. The summed E-state index contributed by atoms with van der Waals surface area (Å²) in [5.41, 5.74) is 2.52. The predicted molar refractivity (Wildman–Crippen MR) is 63.9 cm³/mol. The van der Waals surface area contributed by atoms with Crippen LogP contribution in [0.4, 0.5) is 5.69 Å². The zero-order valence-corrected chi connectivity index (χ0v) is 9.70. The third-order valence-corrected chi connectivity index (χ3v) is 2.63. The van der Waals surface area contributed by atoms with Crippen molar-refractivity contribution in [3.63, 3.8) is 0 Å². The van der Waals surface area contributed by atoms with Crippen molar-refractivity contribution in [3.05, 3.63) is 57.4 Å². The number of hydrogen-bond donors (Lipinski definition) is 0. The Hall–Kier alpha value is -2.68. The highest BCUT2D eigenvalue weighted by Crippen LogP contribution is 2.14. The summed E-state index contributed by atoms with van der Waals surface area (Å²) >= 11 is 0. The van der Waals surface area contributed by atoms with Gasteiger partial charge in [0.2, 0.25) is 0 Å². The second-order valence-electron chi connectivity index (χ2n) is 3.91. The average Bonchev–Trinajstić information content (AvgIpc) is 2.80. The van der Waals surface area contributed by atoms with E-state index in [4.69, 9.17) is 5.26 Å². The van der Waals surface area contributed by atoms with E-state index in [1.54, 1.807) is 12.1 Å². The van der Waals surface area contributed by atoms with Crippen LogP contribution in [0.15, 0.2) is 30.6 Å². The number of nitrogens with zero attached hydrogens (tertiary/aromatic N) is 4. The summed E-state index contributed by atoms with van der Waals surface area (Å²) in [5.74, 6) is 0. The minimum absolute atomic E-state index is 0.0266. The molecule has 0 fully saturated rings. The third kappa shape index (κ3) is 2.35. The SMILES string of the molecule is Cc1cc(C#N)ccc1Cn1cc([N+](=O)[O-])cn1. The van der Waals surface area contributed by atoms with Crippen molar-refractivity contribution >= 4 is 5.69 Å². The van der Waals surface area contributed by atoms with Crippen LogP contribution in [0.5, 0.6) is 0 Å². The Kier molecular flexibility index (Phi) is 3.06. The van der Waals surface area contributed by atoms with Gasteiger partial charge >= 0.3 is 5.69 Å². The van der Waals surface area contributed by atoms with E-state index in [2.05, 4.69) is 11.2 Å². The molecule has 1 aromatic heterocycles. The summed E-state index contributed by atoms with van der Waals surface area (Å²) in [4.78, 5) is 10.1. The minimum atomic E-state index is -0.477. The molecule has 0 bridgehead atoms. The van der Waals surface area contributed by atoms with E-state index in [9.17, 15) is 10.1 Å². The van der Waals surface area contributed by atoms with Gasteiger partial charge in [-0.25, -0.2) is 0 Å². The van der Waals surface area contributed by atoms with Crippen LogP contribution in [-0.4, -0.2) is 14.7 Å². The zero-order valence-electron chi connectivity index (χ0n) is 9.70. The molecular formula is C12H10N4O2. The van der Waals surface area contributed by atoms with Gasteiger partial charge in [0.05, 0.1) is 23.1 Å². The first-order valence-corrected chi connectivity index (χ1v) is 5.26. The lowest BCUT2D eigenvalue weighted by atomic mass is 10.1. The highest BCUT2D eigenvalue weighted by molar-refractivity contribution is 5.37. The van der Waals surface area contributed by atoms with Gasteiger partial charge in [-0.2, -0.15) is 10.4 Å². The van der Waals surface area contributed by atoms with Crippen molar-refractivity contribution in [3.8, 4) is 6.07 Å². The van der Waals surface area contributed by atoms with Gasteiger partial charge in [-0.1, -0.05) is 6.07 Å². The quantitative estimate of drug-likeness (QED) is 0.608. The molecule has 0 spiro atoms. The van der Waals surface area contributed by atoms with Crippen LogP contribution < -0.4 is 0 Å². The van der Waals surface area contributed by atoms with Crippen LogP contribution in [0.25, 0.3) is 0 Å². The van der Waals surface area contributed by atoms with Crippen molar-refractivity contribution in [1.82, 2.24) is 9.78 Å². The highest BCUT2D eigenvalue weighted by Gasteiger charge is 2.09. The highest BCUT2D eigenvalue weighted by atomic mass is 16.6. The first-order valence-electron chi connectivity index (χ1n) is 5.26. The summed E-state index contributed by atoms with van der Waals surface area (Å²) in [5, 5.41) is 23.2. The van der Waals surface area contributed by atoms with Gasteiger partial charge in [0.25, 0.3) is 0 Å². The van der Waals surface area contributed by atoms with Gasteiger partial charge in [0.1, 0.15) is 12.4 Å². The van der Waals surface area contributed by atoms with Gasteiger partial charge < -0.3 is 0 Å². The number of benzene rings is 1. The van der Waals surface area contributed by atoms with Crippen LogP contribution in [0.2, 0.25) is 0 Å². The molecule has 0 saturated carbocycles. The largest absolute Gasteiger partial charge is 0.307 e. The number of nitro groups is 1. The van der Waals surface area contributed by atoms with Crippen LogP contribution in [0.1, 0.15) is 16.7 Å². The molecule has 0 amide bonds. The Morgan fingerprint density at radius 1 is 1.56 bits per heavy atom. The first kappa shape index (κ1) is 11.8. The van der Waals surface area contributed by atoms with Crippen LogP contribution in [0.3, 0.4) is 0 Å². The number of aryl methyl sites for hydroxylation is 1. The number of aromatic nitrogens is 2. The molecule has 1 heterocycles. The van der Waals surface area contributed by atoms with E-state index in [1.807, 2.05) is 13.0 Å². The molecule has 0 radical (unpaired) electrons. The lowest BCUT2D eigenvalue weighted by molar-refractivity contribution is -0.385. The van der Waals surface area contributed by atoms with Crippen LogP contribution >= 0.6 is 0 Å². The topological polar surface area (TPSA) is 84.8 Å². The molecule has 0 unspecified atom stereocenters. The molecule has 0 aliphatic carbocycles. The van der Waals surface area contributed by atoms with E-state index in [1.165, 1.54) is 17.1 Å². The maximum atomic E-state index is 10.5. The maximum absolute atomic E-state index is 10.5. The summed E-state index contributed by atoms with van der Waals surface area (Å²) in [6.45, 7) is 2.35. The molecule has 0 atom stereocenters. The van der Waals surface area contributed by atoms with Crippen molar-refractivity contribution < 1.29 is 4.92 Å². The Bertz CT molecular complexity index is 640. The van der Waals surface area contributed by atoms with Crippen molar-refractivity contribution in [2.24, 2.45) is 0 Å². The van der Waals surface area contributed by atoms with Crippen molar-refractivity contribution in [2.45, 2.75) is 13.5 Å². The molecule has 0 aliphatic heterocycles. The second kappa shape index (κ2) is 4.67. The molecule has 90 valence electrons. The Balaban J connectivity index is 2.23. The average molecular weight is 242 g/mol. The van der Waals surface area contributed by atoms with Gasteiger partial charge in [0, 0.05) is 0 Å². The number of rotatable bonds is 3. The molecule has 2 aromatic rings. The molecular weight excluding hydrogens is 232 g/mol. The zero-order chi connectivity index (χ0) is 13.1. The predicted octanol–water partition coefficient (Wildman–Crippen LogP) is 2.02. The van der Waals surface area contributed by atoms with Crippen LogP contribution in [-0.2, 0) is 6.54 Å². The van der Waals surface area contributed by atoms with Gasteiger partial charge in [0.15, 0.2) is 0 Å². The molecule has 2 rings (SSSR count). The smallest absolute Gasteiger partial charge is 0.261 e. The monoisotopic (exact) mass is 242 g/mol. The van der Waals surface area contributed by atoms with Crippen molar-refractivity contribution in [1.29, 1.82) is 5.26 Å². The molecule has 18 heavy (non-hydrogen) atoms. The van der Waals surface area contributed by atoms with E-state index >= 15 is 0 Å². The molecule has 0 N–H and O–H groups in total. The first-order chi connectivity index (χ1) is 8.60. The molecule has 0 aliphatic rings. The lowest BCUT2D eigenvalue weighted by Gasteiger charge is -2.05. The maximum Gasteiger partial charge on any atom is 0.307 e. The Morgan fingerprint density at radius 2 is 2.33 bits per heavy atom. The molecule has 6 heteroatoms.